The van der Waals surface area contributed by atoms with Gasteiger partial charge in [-0.2, -0.15) is 0 Å². The van der Waals surface area contributed by atoms with E-state index in [1.807, 2.05) is 0 Å². The lowest BCUT2D eigenvalue weighted by Gasteiger charge is -2.67. The van der Waals surface area contributed by atoms with E-state index in [0.29, 0.717) is 22.3 Å². The lowest BCUT2D eigenvalue weighted by atomic mass is 9.39. The summed E-state index contributed by atoms with van der Waals surface area (Å²) in [6.45, 7) is 15.1. The first kappa shape index (κ1) is 15.6. The first-order valence-electron chi connectivity index (χ1n) is 9.22. The zero-order chi connectivity index (χ0) is 15.3. The van der Waals surface area contributed by atoms with E-state index in [0.717, 1.165) is 18.9 Å². The first-order chi connectivity index (χ1) is 9.82. The molecule has 4 aliphatic rings. The molecule has 0 aliphatic heterocycles. The highest BCUT2D eigenvalue weighted by Crippen LogP contribution is 2.70. The van der Waals surface area contributed by atoms with Gasteiger partial charge in [0.2, 0.25) is 0 Å². The van der Waals surface area contributed by atoms with Crippen molar-refractivity contribution >= 4 is 0 Å². The molecule has 4 rings (SSSR count). The van der Waals surface area contributed by atoms with Crippen molar-refractivity contribution in [3.05, 3.63) is 12.2 Å². The average molecular weight is 290 g/mol. The van der Waals surface area contributed by atoms with Gasteiger partial charge in [0.15, 0.2) is 0 Å². The summed E-state index contributed by atoms with van der Waals surface area (Å²) >= 11 is 0. The minimum Gasteiger partial charge on any atom is -0.313 e. The van der Waals surface area contributed by atoms with Crippen molar-refractivity contribution in [1.29, 1.82) is 0 Å². The molecular formula is C20H35N. The normalized spacial score (nSPS) is 45.8. The molecule has 0 aromatic carbocycles. The van der Waals surface area contributed by atoms with Crippen LogP contribution in [0.4, 0.5) is 0 Å². The monoisotopic (exact) mass is 289 g/mol. The summed E-state index contributed by atoms with van der Waals surface area (Å²) < 4.78 is 0. The van der Waals surface area contributed by atoms with Crippen LogP contribution in [0.25, 0.3) is 0 Å². The molecule has 0 spiro atoms. The smallest absolute Gasteiger partial charge is 0.0161 e. The molecule has 0 aromatic rings. The Morgan fingerprint density at radius 3 is 2.19 bits per heavy atom. The van der Waals surface area contributed by atoms with Crippen molar-refractivity contribution in [3.8, 4) is 0 Å². The Morgan fingerprint density at radius 2 is 1.71 bits per heavy atom. The molecule has 0 heterocycles. The highest BCUT2D eigenvalue weighted by atomic mass is 14.9. The number of hydrogen-bond donors (Lipinski definition) is 1. The predicted octanol–water partition coefficient (Wildman–Crippen LogP) is 5.32. The first-order valence-corrected chi connectivity index (χ1v) is 9.22. The topological polar surface area (TPSA) is 12.0 Å². The quantitative estimate of drug-likeness (QED) is 0.653. The van der Waals surface area contributed by atoms with Gasteiger partial charge in [-0.3, -0.25) is 0 Å². The Hall–Kier alpha value is -0.300. The van der Waals surface area contributed by atoms with E-state index in [9.17, 15) is 0 Å². The van der Waals surface area contributed by atoms with E-state index >= 15 is 0 Å². The third kappa shape index (κ3) is 2.71. The van der Waals surface area contributed by atoms with Crippen LogP contribution in [0.1, 0.15) is 79.1 Å². The molecule has 21 heavy (non-hydrogen) atoms. The van der Waals surface area contributed by atoms with E-state index < -0.39 is 0 Å². The third-order valence-corrected chi connectivity index (χ3v) is 6.85. The van der Waals surface area contributed by atoms with Crippen LogP contribution in [0, 0.1) is 22.2 Å². The lowest BCUT2D eigenvalue weighted by molar-refractivity contribution is -0.157. The van der Waals surface area contributed by atoms with E-state index in [1.54, 1.807) is 0 Å². The van der Waals surface area contributed by atoms with Gasteiger partial charge < -0.3 is 5.32 Å². The van der Waals surface area contributed by atoms with Crippen molar-refractivity contribution in [2.75, 3.05) is 6.54 Å². The van der Waals surface area contributed by atoms with E-state index in [4.69, 9.17) is 0 Å². The Kier molecular flexibility index (Phi) is 3.80. The molecule has 4 saturated carbocycles. The zero-order valence-corrected chi connectivity index (χ0v) is 14.7. The summed E-state index contributed by atoms with van der Waals surface area (Å²) in [5.74, 6) is 0.993. The lowest BCUT2D eigenvalue weighted by Crippen LogP contribution is -2.61. The molecular weight excluding hydrogens is 254 g/mol. The fraction of sp³-hybridized carbons (Fsp3) is 0.900. The van der Waals surface area contributed by atoms with E-state index in [-0.39, 0.29) is 0 Å². The van der Waals surface area contributed by atoms with Gasteiger partial charge in [-0.15, -0.1) is 0 Å². The van der Waals surface area contributed by atoms with Gasteiger partial charge in [0, 0.05) is 6.04 Å². The van der Waals surface area contributed by atoms with Gasteiger partial charge in [0.25, 0.3) is 0 Å². The standard InChI is InChI=1S/C20H35N/c1-6-15(3)8-17(21-7-2)20-11-16-9-18(4,13-20)12-19(5,10-16)14-20/h16-17,21H,3,6-14H2,1-2,4-5H3. The summed E-state index contributed by atoms with van der Waals surface area (Å²) in [6.07, 6.45) is 11.2. The van der Waals surface area contributed by atoms with Gasteiger partial charge in [-0.1, -0.05) is 39.8 Å². The summed E-state index contributed by atoms with van der Waals surface area (Å²) in [6, 6.07) is 0.664. The molecule has 0 radical (unpaired) electrons. The molecule has 3 atom stereocenters. The van der Waals surface area contributed by atoms with Crippen molar-refractivity contribution < 1.29 is 0 Å². The highest BCUT2D eigenvalue weighted by molar-refractivity contribution is 5.15. The second kappa shape index (κ2) is 5.11. The Labute approximate surface area is 132 Å². The SMILES string of the molecule is C=C(CC)CC(NCC)C12CC3CC(C)(CC(C)(C3)C1)C2. The zero-order valence-electron chi connectivity index (χ0n) is 14.7. The second-order valence-corrected chi connectivity index (χ2v) is 9.41. The minimum atomic E-state index is 0.553. The molecule has 1 N–H and O–H groups in total. The van der Waals surface area contributed by atoms with Crippen molar-refractivity contribution in [1.82, 2.24) is 5.32 Å². The van der Waals surface area contributed by atoms with Crippen LogP contribution in [0.5, 0.6) is 0 Å². The maximum Gasteiger partial charge on any atom is 0.0161 e. The van der Waals surface area contributed by atoms with E-state index in [1.165, 1.54) is 50.5 Å². The predicted molar refractivity (Wildman–Crippen MR) is 91.4 cm³/mol. The maximum absolute atomic E-state index is 4.32. The van der Waals surface area contributed by atoms with Crippen LogP contribution >= 0.6 is 0 Å². The molecule has 4 fully saturated rings. The van der Waals surface area contributed by atoms with Gasteiger partial charge >= 0.3 is 0 Å². The molecule has 3 unspecified atom stereocenters. The molecule has 0 amide bonds. The molecule has 1 heteroatoms. The van der Waals surface area contributed by atoms with Crippen molar-refractivity contribution in [2.24, 2.45) is 22.2 Å². The van der Waals surface area contributed by atoms with E-state index in [2.05, 4.69) is 39.6 Å². The molecule has 0 saturated heterocycles. The largest absolute Gasteiger partial charge is 0.313 e. The van der Waals surface area contributed by atoms with Crippen LogP contribution in [0.15, 0.2) is 12.2 Å². The van der Waals surface area contributed by atoms with Crippen LogP contribution in [-0.2, 0) is 0 Å². The Bertz CT molecular complexity index is 406. The summed E-state index contributed by atoms with van der Waals surface area (Å²) in [4.78, 5) is 0. The van der Waals surface area contributed by atoms with Gasteiger partial charge in [0.1, 0.15) is 0 Å². The summed E-state index contributed by atoms with van der Waals surface area (Å²) in [5.41, 5.74) is 3.23. The van der Waals surface area contributed by atoms with Gasteiger partial charge in [-0.05, 0) is 80.1 Å². The number of rotatable bonds is 6. The van der Waals surface area contributed by atoms with Crippen LogP contribution < -0.4 is 5.32 Å². The van der Waals surface area contributed by atoms with Crippen LogP contribution in [0.2, 0.25) is 0 Å². The number of hydrogen-bond acceptors (Lipinski definition) is 1. The number of nitrogens with one attached hydrogen (secondary N) is 1. The third-order valence-electron chi connectivity index (χ3n) is 6.85. The second-order valence-electron chi connectivity index (χ2n) is 9.41. The van der Waals surface area contributed by atoms with Gasteiger partial charge in [0.05, 0.1) is 0 Å². The summed E-state index contributed by atoms with van der Waals surface area (Å²) in [5, 5.41) is 3.88. The molecule has 4 aliphatic carbocycles. The molecule has 0 aromatic heterocycles. The minimum absolute atomic E-state index is 0.553. The van der Waals surface area contributed by atoms with Crippen LogP contribution in [0.3, 0.4) is 0 Å². The van der Waals surface area contributed by atoms with Crippen molar-refractivity contribution in [3.63, 3.8) is 0 Å². The Morgan fingerprint density at radius 1 is 1.10 bits per heavy atom. The van der Waals surface area contributed by atoms with Crippen molar-refractivity contribution in [2.45, 2.75) is 85.1 Å². The fourth-order valence-corrected chi connectivity index (χ4v) is 7.11. The maximum atomic E-state index is 4.32. The highest BCUT2D eigenvalue weighted by Gasteiger charge is 2.61. The van der Waals surface area contributed by atoms with Crippen LogP contribution in [-0.4, -0.2) is 12.6 Å². The molecule has 120 valence electrons. The molecule has 4 bridgehead atoms. The molecule has 1 nitrogen and oxygen atoms in total. The average Bonchev–Trinajstić information content (AvgIpc) is 2.33. The summed E-state index contributed by atoms with van der Waals surface area (Å²) in [7, 11) is 0. The fourth-order valence-electron chi connectivity index (χ4n) is 7.11. The Balaban J connectivity index is 1.89. The van der Waals surface area contributed by atoms with Gasteiger partial charge in [-0.25, -0.2) is 0 Å².